The molecule has 1 amide bonds. The molecule has 3 heteroatoms. The Hall–Kier alpha value is -1.35. The quantitative estimate of drug-likeness (QED) is 0.643. The van der Waals surface area contributed by atoms with E-state index in [1.807, 2.05) is 30.3 Å². The molecule has 0 aliphatic carbocycles. The van der Waals surface area contributed by atoms with Crippen molar-refractivity contribution in [3.05, 3.63) is 35.9 Å². The van der Waals surface area contributed by atoms with Crippen LogP contribution in [0.5, 0.6) is 0 Å². The van der Waals surface area contributed by atoms with E-state index < -0.39 is 0 Å². The molecule has 1 aromatic rings. The van der Waals surface area contributed by atoms with Crippen molar-refractivity contribution in [2.45, 2.75) is 12.0 Å². The summed E-state index contributed by atoms with van der Waals surface area (Å²) in [6.45, 7) is 0.657. The second-order valence-electron chi connectivity index (χ2n) is 3.29. The largest absolute Gasteiger partial charge is 0.354 e. The van der Waals surface area contributed by atoms with Crippen LogP contribution in [0.1, 0.15) is 11.5 Å². The predicted octanol–water partition coefficient (Wildman–Crippen LogP) is 0.227. The second-order valence-corrected chi connectivity index (χ2v) is 3.29. The van der Waals surface area contributed by atoms with Crippen LogP contribution in [-0.2, 0) is 4.79 Å². The molecule has 2 unspecified atom stereocenters. The minimum absolute atomic E-state index is 0.0474. The summed E-state index contributed by atoms with van der Waals surface area (Å²) in [4.78, 5) is 11.1. The van der Waals surface area contributed by atoms with Crippen LogP contribution in [0, 0.1) is 0 Å². The van der Waals surface area contributed by atoms with Gasteiger partial charge in [-0.2, -0.15) is 0 Å². The minimum Gasteiger partial charge on any atom is -0.354 e. The van der Waals surface area contributed by atoms with Gasteiger partial charge in [-0.1, -0.05) is 30.3 Å². The van der Waals surface area contributed by atoms with Crippen molar-refractivity contribution in [3.63, 3.8) is 0 Å². The summed E-state index contributed by atoms with van der Waals surface area (Å²) in [7, 11) is 0. The zero-order valence-electron chi connectivity index (χ0n) is 7.23. The summed E-state index contributed by atoms with van der Waals surface area (Å²) in [5, 5.41) is 2.75. The van der Waals surface area contributed by atoms with Crippen LogP contribution in [-0.4, -0.2) is 18.5 Å². The lowest BCUT2D eigenvalue weighted by molar-refractivity contribution is -0.120. The fraction of sp³-hybridized carbons (Fsp3) is 0.300. The maximum atomic E-state index is 11.1. The molecule has 1 aliphatic heterocycles. The van der Waals surface area contributed by atoms with Crippen LogP contribution in [0.4, 0.5) is 0 Å². The average molecular weight is 176 g/mol. The first-order chi connectivity index (χ1) is 6.29. The first-order valence-corrected chi connectivity index (χ1v) is 4.37. The second kappa shape index (κ2) is 3.18. The molecular weight excluding hydrogens is 164 g/mol. The molecule has 2 atom stereocenters. The molecular formula is C10H12N2O. The Morgan fingerprint density at radius 2 is 2.00 bits per heavy atom. The number of amides is 1. The lowest BCUT2D eigenvalue weighted by Gasteiger charge is -2.11. The standard InChI is InChI=1S/C10H12N2O/c11-9-8(6-12-10(9)13)7-4-2-1-3-5-7/h1-5,8-9H,6,11H2,(H,12,13). The van der Waals surface area contributed by atoms with Gasteiger partial charge in [0.05, 0.1) is 6.04 Å². The maximum Gasteiger partial charge on any atom is 0.237 e. The summed E-state index contributed by atoms with van der Waals surface area (Å²) in [6, 6.07) is 9.51. The molecule has 3 N–H and O–H groups in total. The summed E-state index contributed by atoms with van der Waals surface area (Å²) in [6.07, 6.45) is 0. The topological polar surface area (TPSA) is 55.1 Å². The van der Waals surface area contributed by atoms with Crippen molar-refractivity contribution in [3.8, 4) is 0 Å². The molecule has 2 rings (SSSR count). The normalized spacial score (nSPS) is 27.3. The van der Waals surface area contributed by atoms with Crippen molar-refractivity contribution in [1.29, 1.82) is 0 Å². The van der Waals surface area contributed by atoms with Gasteiger partial charge >= 0.3 is 0 Å². The van der Waals surface area contributed by atoms with E-state index in [-0.39, 0.29) is 17.9 Å². The van der Waals surface area contributed by atoms with Gasteiger partial charge in [0.1, 0.15) is 0 Å². The van der Waals surface area contributed by atoms with Crippen LogP contribution in [0.15, 0.2) is 30.3 Å². The molecule has 1 aliphatic rings. The van der Waals surface area contributed by atoms with Gasteiger partial charge in [0.25, 0.3) is 0 Å². The van der Waals surface area contributed by atoms with Crippen LogP contribution in [0.25, 0.3) is 0 Å². The van der Waals surface area contributed by atoms with Gasteiger partial charge in [0.15, 0.2) is 0 Å². The molecule has 68 valence electrons. The van der Waals surface area contributed by atoms with E-state index in [0.717, 1.165) is 5.56 Å². The Balaban J connectivity index is 2.24. The highest BCUT2D eigenvalue weighted by Gasteiger charge is 2.31. The fourth-order valence-corrected chi connectivity index (χ4v) is 1.66. The maximum absolute atomic E-state index is 11.1. The minimum atomic E-state index is -0.387. The monoisotopic (exact) mass is 176 g/mol. The number of benzene rings is 1. The van der Waals surface area contributed by atoms with Gasteiger partial charge in [0.2, 0.25) is 5.91 Å². The van der Waals surface area contributed by atoms with Crippen molar-refractivity contribution in [1.82, 2.24) is 5.32 Å². The van der Waals surface area contributed by atoms with Crippen LogP contribution >= 0.6 is 0 Å². The molecule has 3 nitrogen and oxygen atoms in total. The zero-order valence-corrected chi connectivity index (χ0v) is 7.23. The summed E-state index contributed by atoms with van der Waals surface area (Å²) in [5.74, 6) is 0.0857. The van der Waals surface area contributed by atoms with Crippen molar-refractivity contribution in [2.75, 3.05) is 6.54 Å². The molecule has 1 heterocycles. The summed E-state index contributed by atoms with van der Waals surface area (Å²) < 4.78 is 0. The van der Waals surface area contributed by atoms with Crippen molar-refractivity contribution < 1.29 is 4.79 Å². The summed E-state index contributed by atoms with van der Waals surface area (Å²) in [5.41, 5.74) is 6.88. The van der Waals surface area contributed by atoms with Gasteiger partial charge < -0.3 is 11.1 Å². The Morgan fingerprint density at radius 1 is 1.31 bits per heavy atom. The van der Waals surface area contributed by atoms with E-state index in [2.05, 4.69) is 5.32 Å². The SMILES string of the molecule is NC1C(=O)NCC1c1ccccc1. The van der Waals surface area contributed by atoms with Crippen molar-refractivity contribution >= 4 is 5.91 Å². The van der Waals surface area contributed by atoms with E-state index in [1.54, 1.807) is 0 Å². The third-order valence-corrected chi connectivity index (χ3v) is 2.46. The van der Waals surface area contributed by atoms with Gasteiger partial charge in [-0.3, -0.25) is 4.79 Å². The van der Waals surface area contributed by atoms with Gasteiger partial charge in [-0.15, -0.1) is 0 Å². The van der Waals surface area contributed by atoms with E-state index in [1.165, 1.54) is 0 Å². The van der Waals surface area contributed by atoms with Crippen molar-refractivity contribution in [2.24, 2.45) is 5.73 Å². The fourth-order valence-electron chi connectivity index (χ4n) is 1.66. The number of nitrogens with two attached hydrogens (primary N) is 1. The molecule has 0 aromatic heterocycles. The molecule has 0 spiro atoms. The van der Waals surface area contributed by atoms with Gasteiger partial charge in [0, 0.05) is 12.5 Å². The first-order valence-electron chi connectivity index (χ1n) is 4.37. The lowest BCUT2D eigenvalue weighted by atomic mass is 9.95. The van der Waals surface area contributed by atoms with Crippen LogP contribution in [0.2, 0.25) is 0 Å². The number of hydrogen-bond donors (Lipinski definition) is 2. The van der Waals surface area contributed by atoms with E-state index in [0.29, 0.717) is 6.54 Å². The molecule has 13 heavy (non-hydrogen) atoms. The third-order valence-electron chi connectivity index (χ3n) is 2.46. The Kier molecular flexibility index (Phi) is 2.02. The van der Waals surface area contributed by atoms with E-state index >= 15 is 0 Å². The molecule has 0 saturated carbocycles. The Morgan fingerprint density at radius 3 is 2.54 bits per heavy atom. The third kappa shape index (κ3) is 1.42. The number of carbonyl (C=O) groups is 1. The van der Waals surface area contributed by atoms with E-state index in [4.69, 9.17) is 5.73 Å². The van der Waals surface area contributed by atoms with E-state index in [9.17, 15) is 4.79 Å². The number of nitrogens with one attached hydrogen (secondary N) is 1. The molecule has 0 bridgehead atoms. The Labute approximate surface area is 76.9 Å². The molecule has 0 radical (unpaired) electrons. The van der Waals surface area contributed by atoms with Gasteiger partial charge in [-0.25, -0.2) is 0 Å². The molecule has 1 fully saturated rings. The molecule has 1 saturated heterocycles. The predicted molar refractivity (Wildman–Crippen MR) is 50.2 cm³/mol. The van der Waals surface area contributed by atoms with Crippen LogP contribution in [0.3, 0.4) is 0 Å². The average Bonchev–Trinajstić information content (AvgIpc) is 2.49. The lowest BCUT2D eigenvalue weighted by Crippen LogP contribution is -2.33. The zero-order chi connectivity index (χ0) is 9.26. The first kappa shape index (κ1) is 8.26. The highest BCUT2D eigenvalue weighted by molar-refractivity contribution is 5.85. The summed E-state index contributed by atoms with van der Waals surface area (Å²) >= 11 is 0. The highest BCUT2D eigenvalue weighted by atomic mass is 16.2. The van der Waals surface area contributed by atoms with Gasteiger partial charge in [-0.05, 0) is 5.56 Å². The number of hydrogen-bond acceptors (Lipinski definition) is 2. The smallest absolute Gasteiger partial charge is 0.237 e. The number of rotatable bonds is 1. The molecule has 1 aromatic carbocycles. The highest BCUT2D eigenvalue weighted by Crippen LogP contribution is 2.21. The number of carbonyl (C=O) groups excluding carboxylic acids is 1. The van der Waals surface area contributed by atoms with Crippen LogP contribution < -0.4 is 11.1 Å². The Bertz CT molecular complexity index is 310.